The second kappa shape index (κ2) is 10.5. The van der Waals surface area contributed by atoms with Crippen molar-refractivity contribution in [1.82, 2.24) is 9.97 Å². The Hall–Kier alpha value is -2.63. The number of nitriles is 1. The minimum atomic E-state index is 0.242. The van der Waals surface area contributed by atoms with Gasteiger partial charge in [-0.3, -0.25) is 0 Å². The number of nitrogens with zero attached hydrogens (tertiary/aromatic N) is 2. The van der Waals surface area contributed by atoms with Crippen LogP contribution < -0.4 is 9.47 Å². The summed E-state index contributed by atoms with van der Waals surface area (Å²) in [7, 11) is 1.56. The first-order valence-corrected chi connectivity index (χ1v) is 12.0. The number of methoxy groups -OCH3 is 1. The van der Waals surface area contributed by atoms with Gasteiger partial charge in [-0.25, -0.2) is 4.98 Å². The first-order valence-electron chi connectivity index (χ1n) is 9.65. The first kappa shape index (κ1) is 23.5. The van der Waals surface area contributed by atoms with E-state index >= 15 is 0 Å². The molecule has 0 fully saturated rings. The number of thioether (sulfide) groups is 1. The van der Waals surface area contributed by atoms with Crippen molar-refractivity contribution in [3.63, 3.8) is 0 Å². The molecule has 0 unspecified atom stereocenters. The summed E-state index contributed by atoms with van der Waals surface area (Å²) in [4.78, 5) is 8.21. The molecule has 1 aromatic heterocycles. The van der Waals surface area contributed by atoms with Gasteiger partial charge in [-0.2, -0.15) is 5.26 Å². The van der Waals surface area contributed by atoms with E-state index < -0.39 is 0 Å². The molecule has 0 spiro atoms. The summed E-state index contributed by atoms with van der Waals surface area (Å²) in [5.41, 5.74) is 3.34. The minimum absolute atomic E-state index is 0.242. The number of para-hydroxylation sites is 2. The monoisotopic (exact) mass is 559 g/mol. The fourth-order valence-electron chi connectivity index (χ4n) is 3.07. The second-order valence-electron chi connectivity index (χ2n) is 6.84. The van der Waals surface area contributed by atoms with Crippen molar-refractivity contribution in [3.05, 3.63) is 85.1 Å². The lowest BCUT2D eigenvalue weighted by Crippen LogP contribution is -2.00. The Bertz CT molecular complexity index is 1370. The number of fused-ring (bicyclic) bond motifs is 1. The number of hydrogen-bond acceptors (Lipinski definition) is 5. The van der Waals surface area contributed by atoms with Gasteiger partial charge >= 0.3 is 0 Å². The standard InChI is InChI=1S/C24H16BrCl2N3O2S/c1-31-22-10-14(8-17(12-28)33-24-29-20-4-2-3-5-21(20)30-24)9-18(25)23(22)32-13-15-6-7-16(26)11-19(15)27/h2-11H,13H2,1H3,(H,29,30)/b17-8+. The van der Waals surface area contributed by atoms with Gasteiger partial charge in [0.2, 0.25) is 0 Å². The predicted octanol–water partition coefficient (Wildman–Crippen LogP) is 7.88. The molecule has 0 saturated carbocycles. The Labute approximate surface area is 213 Å². The summed E-state index contributed by atoms with van der Waals surface area (Å²) in [5.74, 6) is 1.05. The van der Waals surface area contributed by atoms with Crippen molar-refractivity contribution in [2.24, 2.45) is 0 Å². The number of benzene rings is 3. The number of imidazole rings is 1. The van der Waals surface area contributed by atoms with Gasteiger partial charge < -0.3 is 14.5 Å². The highest BCUT2D eigenvalue weighted by Crippen LogP contribution is 2.39. The van der Waals surface area contributed by atoms with E-state index in [0.29, 0.717) is 36.1 Å². The lowest BCUT2D eigenvalue weighted by atomic mass is 10.2. The first-order chi connectivity index (χ1) is 16.0. The van der Waals surface area contributed by atoms with Crippen LogP contribution in [0.25, 0.3) is 17.1 Å². The molecule has 0 bridgehead atoms. The van der Waals surface area contributed by atoms with Gasteiger partial charge in [-0.05, 0) is 75.7 Å². The Balaban J connectivity index is 1.56. The van der Waals surface area contributed by atoms with Crippen LogP contribution in [0, 0.1) is 11.3 Å². The smallest absolute Gasteiger partial charge is 0.175 e. The molecular formula is C24H16BrCl2N3O2S. The number of aromatic amines is 1. The number of rotatable bonds is 7. The highest BCUT2D eigenvalue weighted by atomic mass is 79.9. The fourth-order valence-corrected chi connectivity index (χ4v) is 4.86. The number of aromatic nitrogens is 2. The maximum Gasteiger partial charge on any atom is 0.175 e. The van der Waals surface area contributed by atoms with Crippen LogP contribution in [-0.2, 0) is 6.61 Å². The zero-order chi connectivity index (χ0) is 23.4. The molecule has 0 radical (unpaired) electrons. The molecule has 0 amide bonds. The van der Waals surface area contributed by atoms with Crippen LogP contribution in [0.15, 0.2) is 69.1 Å². The summed E-state index contributed by atoms with van der Waals surface area (Å²) in [5, 5.41) is 11.4. The van der Waals surface area contributed by atoms with Crippen molar-refractivity contribution >= 4 is 68.0 Å². The average molecular weight is 561 g/mol. The number of hydrogen-bond donors (Lipinski definition) is 1. The average Bonchev–Trinajstić information content (AvgIpc) is 3.21. The third-order valence-corrected chi connectivity index (χ3v) is 6.61. The Morgan fingerprint density at radius 2 is 2.03 bits per heavy atom. The number of halogens is 3. The number of H-pyrrole nitrogens is 1. The van der Waals surface area contributed by atoms with E-state index in [-0.39, 0.29) is 6.61 Å². The van der Waals surface area contributed by atoms with Gasteiger partial charge in [-0.15, -0.1) is 0 Å². The summed E-state index contributed by atoms with van der Waals surface area (Å²) in [6.45, 7) is 0.242. The predicted molar refractivity (Wildman–Crippen MR) is 137 cm³/mol. The molecule has 9 heteroatoms. The molecule has 4 rings (SSSR count). The molecule has 33 heavy (non-hydrogen) atoms. The summed E-state index contributed by atoms with van der Waals surface area (Å²) >= 11 is 17.0. The summed E-state index contributed by atoms with van der Waals surface area (Å²) in [6.07, 6.45) is 1.77. The largest absolute Gasteiger partial charge is 0.493 e. The molecular weight excluding hydrogens is 545 g/mol. The summed E-state index contributed by atoms with van der Waals surface area (Å²) in [6, 6.07) is 18.9. The normalized spacial score (nSPS) is 11.4. The molecule has 3 aromatic carbocycles. The maximum atomic E-state index is 9.66. The van der Waals surface area contributed by atoms with Gasteiger partial charge in [0.1, 0.15) is 12.7 Å². The van der Waals surface area contributed by atoms with Gasteiger partial charge in [0.05, 0.1) is 27.5 Å². The highest BCUT2D eigenvalue weighted by Gasteiger charge is 2.14. The Morgan fingerprint density at radius 1 is 1.21 bits per heavy atom. The molecule has 0 aliphatic heterocycles. The van der Waals surface area contributed by atoms with Gasteiger partial charge in [0.25, 0.3) is 0 Å². The molecule has 1 N–H and O–H groups in total. The van der Waals surface area contributed by atoms with E-state index in [1.165, 1.54) is 11.8 Å². The molecule has 0 aliphatic rings. The number of allylic oxidation sites excluding steroid dienone is 1. The lowest BCUT2D eigenvalue weighted by Gasteiger charge is -2.14. The van der Waals surface area contributed by atoms with Crippen molar-refractivity contribution in [2.75, 3.05) is 7.11 Å². The van der Waals surface area contributed by atoms with Crippen LogP contribution in [0.5, 0.6) is 11.5 Å². The zero-order valence-electron chi connectivity index (χ0n) is 17.2. The maximum absolute atomic E-state index is 9.66. The van der Waals surface area contributed by atoms with Crippen molar-refractivity contribution in [3.8, 4) is 17.6 Å². The Morgan fingerprint density at radius 3 is 2.76 bits per heavy atom. The van der Waals surface area contributed by atoms with Gasteiger partial charge in [0.15, 0.2) is 16.7 Å². The van der Waals surface area contributed by atoms with Crippen LogP contribution in [0.2, 0.25) is 10.0 Å². The third-order valence-electron chi connectivity index (χ3n) is 4.62. The van der Waals surface area contributed by atoms with Gasteiger partial charge in [-0.1, -0.05) is 41.4 Å². The van der Waals surface area contributed by atoms with Crippen molar-refractivity contribution < 1.29 is 9.47 Å². The van der Waals surface area contributed by atoms with E-state index in [0.717, 1.165) is 22.2 Å². The van der Waals surface area contributed by atoms with Crippen molar-refractivity contribution in [1.29, 1.82) is 5.26 Å². The molecule has 166 valence electrons. The second-order valence-corrected chi connectivity index (χ2v) is 9.57. The molecule has 5 nitrogen and oxygen atoms in total. The highest BCUT2D eigenvalue weighted by molar-refractivity contribution is 9.10. The van der Waals surface area contributed by atoms with E-state index in [4.69, 9.17) is 32.7 Å². The molecule has 0 saturated heterocycles. The van der Waals surface area contributed by atoms with Crippen LogP contribution in [0.3, 0.4) is 0 Å². The summed E-state index contributed by atoms with van der Waals surface area (Å²) < 4.78 is 12.2. The van der Waals surface area contributed by atoms with E-state index in [1.54, 1.807) is 31.4 Å². The van der Waals surface area contributed by atoms with Crippen LogP contribution in [-0.4, -0.2) is 17.1 Å². The van der Waals surface area contributed by atoms with Crippen molar-refractivity contribution in [2.45, 2.75) is 11.8 Å². The molecule has 1 heterocycles. The van der Waals surface area contributed by atoms with E-state index in [2.05, 4.69) is 32.0 Å². The number of nitrogens with one attached hydrogen (secondary N) is 1. The molecule has 0 atom stereocenters. The SMILES string of the molecule is COc1cc(/C=C(\C#N)Sc2nc3ccccc3[nH]2)cc(Br)c1OCc1ccc(Cl)cc1Cl. The lowest BCUT2D eigenvalue weighted by molar-refractivity contribution is 0.282. The zero-order valence-corrected chi connectivity index (χ0v) is 21.1. The topological polar surface area (TPSA) is 70.9 Å². The molecule has 4 aromatic rings. The fraction of sp³-hybridized carbons (Fsp3) is 0.0833. The van der Waals surface area contributed by atoms with E-state index in [1.807, 2.05) is 36.4 Å². The van der Waals surface area contributed by atoms with Gasteiger partial charge in [0, 0.05) is 15.6 Å². The quantitative estimate of drug-likeness (QED) is 0.184. The van der Waals surface area contributed by atoms with Crippen LogP contribution >= 0.6 is 50.9 Å². The Kier molecular flexibility index (Phi) is 7.51. The van der Waals surface area contributed by atoms with Crippen LogP contribution in [0.1, 0.15) is 11.1 Å². The number of ether oxygens (including phenoxy) is 2. The molecule has 0 aliphatic carbocycles. The van der Waals surface area contributed by atoms with Crippen LogP contribution in [0.4, 0.5) is 0 Å². The minimum Gasteiger partial charge on any atom is -0.493 e. The van der Waals surface area contributed by atoms with E-state index in [9.17, 15) is 5.26 Å². The third kappa shape index (κ3) is 5.66.